The molecular formula is C21H27N3O3. The number of carbonyl (C=O) groups is 1. The number of amides is 1. The van der Waals surface area contributed by atoms with E-state index in [1.807, 2.05) is 25.1 Å². The lowest BCUT2D eigenvalue weighted by atomic mass is 9.93. The van der Waals surface area contributed by atoms with E-state index < -0.39 is 0 Å². The highest BCUT2D eigenvalue weighted by molar-refractivity contribution is 5.90. The standard InChI is InChI=1S/C21H27N3O3/c1-15-3-6-18(19(13-15)26-2)27-21-8-5-17(14-23-21)24-20(25)7-4-16-9-11-22-12-10-16/h3,5-6,8,13-14,16,22H,4,7,9-12H2,1-2H3,(H,24,25). The third-order valence-electron chi connectivity index (χ3n) is 4.79. The molecule has 0 atom stereocenters. The first-order valence-corrected chi connectivity index (χ1v) is 9.43. The van der Waals surface area contributed by atoms with Crippen molar-refractivity contribution >= 4 is 11.6 Å². The largest absolute Gasteiger partial charge is 0.493 e. The van der Waals surface area contributed by atoms with E-state index >= 15 is 0 Å². The lowest BCUT2D eigenvalue weighted by molar-refractivity contribution is -0.116. The fourth-order valence-corrected chi connectivity index (χ4v) is 3.22. The summed E-state index contributed by atoms with van der Waals surface area (Å²) in [6.45, 7) is 4.11. The van der Waals surface area contributed by atoms with Crippen LogP contribution in [0.2, 0.25) is 0 Å². The van der Waals surface area contributed by atoms with E-state index in [1.165, 1.54) is 0 Å². The zero-order valence-electron chi connectivity index (χ0n) is 16.0. The first-order valence-electron chi connectivity index (χ1n) is 9.43. The molecular weight excluding hydrogens is 342 g/mol. The minimum absolute atomic E-state index is 0.0317. The minimum atomic E-state index is 0.0317. The number of carbonyl (C=O) groups excluding carboxylic acids is 1. The quantitative estimate of drug-likeness (QED) is 0.774. The number of pyridine rings is 1. The molecule has 1 saturated heterocycles. The molecule has 1 aromatic heterocycles. The zero-order valence-corrected chi connectivity index (χ0v) is 16.0. The van der Waals surface area contributed by atoms with Crippen molar-refractivity contribution in [1.82, 2.24) is 10.3 Å². The predicted molar refractivity (Wildman–Crippen MR) is 105 cm³/mol. The van der Waals surface area contributed by atoms with E-state index in [9.17, 15) is 4.79 Å². The van der Waals surface area contributed by atoms with Crippen molar-refractivity contribution in [3.05, 3.63) is 42.1 Å². The fourth-order valence-electron chi connectivity index (χ4n) is 3.22. The monoisotopic (exact) mass is 369 g/mol. The van der Waals surface area contributed by atoms with Gasteiger partial charge in [-0.15, -0.1) is 0 Å². The Hall–Kier alpha value is -2.60. The Balaban J connectivity index is 1.51. The maximum absolute atomic E-state index is 12.1. The maximum atomic E-state index is 12.1. The summed E-state index contributed by atoms with van der Waals surface area (Å²) >= 11 is 0. The van der Waals surface area contributed by atoms with Gasteiger partial charge in [0, 0.05) is 12.5 Å². The lowest BCUT2D eigenvalue weighted by Gasteiger charge is -2.22. The smallest absolute Gasteiger partial charge is 0.224 e. The molecule has 0 unspecified atom stereocenters. The summed E-state index contributed by atoms with van der Waals surface area (Å²) in [4.78, 5) is 16.4. The minimum Gasteiger partial charge on any atom is -0.493 e. The Morgan fingerprint density at radius 2 is 2.04 bits per heavy atom. The van der Waals surface area contributed by atoms with Crippen molar-refractivity contribution < 1.29 is 14.3 Å². The molecule has 1 aromatic carbocycles. The molecule has 1 fully saturated rings. The van der Waals surface area contributed by atoms with Gasteiger partial charge in [-0.05, 0) is 69.0 Å². The van der Waals surface area contributed by atoms with Crippen LogP contribution in [0.3, 0.4) is 0 Å². The third-order valence-corrected chi connectivity index (χ3v) is 4.79. The van der Waals surface area contributed by atoms with E-state index in [1.54, 1.807) is 25.4 Å². The van der Waals surface area contributed by atoms with Crippen molar-refractivity contribution in [2.24, 2.45) is 5.92 Å². The van der Waals surface area contributed by atoms with Crippen molar-refractivity contribution in [3.63, 3.8) is 0 Å². The van der Waals surface area contributed by atoms with Gasteiger partial charge >= 0.3 is 0 Å². The number of hydrogen-bond acceptors (Lipinski definition) is 5. The fraction of sp³-hybridized carbons (Fsp3) is 0.429. The Bertz CT molecular complexity index is 756. The zero-order chi connectivity index (χ0) is 19.1. The summed E-state index contributed by atoms with van der Waals surface area (Å²) in [6.07, 6.45) is 5.41. The molecule has 2 heterocycles. The highest BCUT2D eigenvalue weighted by atomic mass is 16.5. The number of rotatable bonds is 7. The molecule has 1 aliphatic rings. The second-order valence-electron chi connectivity index (χ2n) is 6.92. The number of aryl methyl sites for hydroxylation is 1. The molecule has 0 bridgehead atoms. The van der Waals surface area contributed by atoms with Gasteiger partial charge in [-0.1, -0.05) is 6.07 Å². The second kappa shape index (κ2) is 9.37. The first-order chi connectivity index (χ1) is 13.1. The molecule has 6 heteroatoms. The van der Waals surface area contributed by atoms with Crippen LogP contribution in [0.15, 0.2) is 36.5 Å². The molecule has 6 nitrogen and oxygen atoms in total. The lowest BCUT2D eigenvalue weighted by Crippen LogP contribution is -2.28. The molecule has 144 valence electrons. The molecule has 0 aliphatic carbocycles. The molecule has 1 amide bonds. The van der Waals surface area contributed by atoms with Gasteiger partial charge in [-0.25, -0.2) is 4.98 Å². The number of aromatic nitrogens is 1. The van der Waals surface area contributed by atoms with Gasteiger partial charge in [0.2, 0.25) is 11.8 Å². The van der Waals surface area contributed by atoms with Crippen molar-refractivity contribution in [2.45, 2.75) is 32.6 Å². The van der Waals surface area contributed by atoms with Gasteiger partial charge in [0.1, 0.15) is 0 Å². The van der Waals surface area contributed by atoms with E-state index in [0.29, 0.717) is 35.4 Å². The Morgan fingerprint density at radius 1 is 1.22 bits per heavy atom. The van der Waals surface area contributed by atoms with Crippen LogP contribution in [-0.4, -0.2) is 31.1 Å². The summed E-state index contributed by atoms with van der Waals surface area (Å²) in [6, 6.07) is 9.25. The van der Waals surface area contributed by atoms with Gasteiger partial charge in [-0.2, -0.15) is 0 Å². The average Bonchev–Trinajstić information content (AvgIpc) is 2.70. The topological polar surface area (TPSA) is 72.5 Å². The summed E-state index contributed by atoms with van der Waals surface area (Å²) < 4.78 is 11.1. The molecule has 0 saturated carbocycles. The third kappa shape index (κ3) is 5.69. The van der Waals surface area contributed by atoms with Crippen LogP contribution < -0.4 is 20.1 Å². The van der Waals surface area contributed by atoms with Crippen molar-refractivity contribution in [3.8, 4) is 17.4 Å². The predicted octanol–water partition coefficient (Wildman–Crippen LogP) is 3.91. The number of methoxy groups -OCH3 is 1. The summed E-state index contributed by atoms with van der Waals surface area (Å²) in [5.74, 6) is 2.39. The SMILES string of the molecule is COc1cc(C)ccc1Oc1ccc(NC(=O)CCC2CCNCC2)cn1. The number of nitrogens with one attached hydrogen (secondary N) is 2. The second-order valence-corrected chi connectivity index (χ2v) is 6.92. The van der Waals surface area contributed by atoms with Gasteiger partial charge in [0.25, 0.3) is 0 Å². The number of nitrogens with zero attached hydrogens (tertiary/aromatic N) is 1. The van der Waals surface area contributed by atoms with Crippen LogP contribution in [0.4, 0.5) is 5.69 Å². The summed E-state index contributed by atoms with van der Waals surface area (Å²) in [5, 5.41) is 6.25. The highest BCUT2D eigenvalue weighted by Crippen LogP contribution is 2.31. The first kappa shape index (κ1) is 19.2. The Labute approximate surface area is 160 Å². The van der Waals surface area contributed by atoms with E-state index in [4.69, 9.17) is 9.47 Å². The van der Waals surface area contributed by atoms with Crippen LogP contribution in [0, 0.1) is 12.8 Å². The Morgan fingerprint density at radius 3 is 2.74 bits per heavy atom. The van der Waals surface area contributed by atoms with Crippen LogP contribution in [-0.2, 0) is 4.79 Å². The number of ether oxygens (including phenoxy) is 2. The van der Waals surface area contributed by atoms with Crippen LogP contribution in [0.25, 0.3) is 0 Å². The molecule has 3 rings (SSSR count). The molecule has 2 N–H and O–H groups in total. The van der Waals surface area contributed by atoms with Crippen LogP contribution >= 0.6 is 0 Å². The highest BCUT2D eigenvalue weighted by Gasteiger charge is 2.14. The van der Waals surface area contributed by atoms with Crippen LogP contribution in [0.5, 0.6) is 17.4 Å². The van der Waals surface area contributed by atoms with E-state index in [-0.39, 0.29) is 5.91 Å². The molecule has 1 aliphatic heterocycles. The van der Waals surface area contributed by atoms with Gasteiger partial charge < -0.3 is 20.1 Å². The summed E-state index contributed by atoms with van der Waals surface area (Å²) in [7, 11) is 1.61. The Kier molecular flexibility index (Phi) is 6.65. The normalized spacial score (nSPS) is 14.6. The van der Waals surface area contributed by atoms with Gasteiger partial charge in [0.05, 0.1) is 19.0 Å². The van der Waals surface area contributed by atoms with E-state index in [2.05, 4.69) is 15.6 Å². The van der Waals surface area contributed by atoms with Crippen molar-refractivity contribution in [2.75, 3.05) is 25.5 Å². The number of benzene rings is 1. The van der Waals surface area contributed by atoms with Gasteiger partial charge in [-0.3, -0.25) is 4.79 Å². The molecule has 2 aromatic rings. The molecule has 0 spiro atoms. The van der Waals surface area contributed by atoms with Crippen molar-refractivity contribution in [1.29, 1.82) is 0 Å². The van der Waals surface area contributed by atoms with Crippen LogP contribution in [0.1, 0.15) is 31.2 Å². The maximum Gasteiger partial charge on any atom is 0.224 e. The number of piperidine rings is 1. The number of hydrogen-bond donors (Lipinski definition) is 2. The van der Waals surface area contributed by atoms with E-state index in [0.717, 1.165) is 37.9 Å². The van der Waals surface area contributed by atoms with Gasteiger partial charge in [0.15, 0.2) is 11.5 Å². The average molecular weight is 369 g/mol. The summed E-state index contributed by atoms with van der Waals surface area (Å²) in [5.41, 5.74) is 1.77. The number of anilines is 1. The molecule has 27 heavy (non-hydrogen) atoms. The molecule has 0 radical (unpaired) electrons.